The molecule has 0 amide bonds. The van der Waals surface area contributed by atoms with E-state index in [1.165, 1.54) is 6.20 Å². The first kappa shape index (κ1) is 12.9. The normalized spacial score (nSPS) is 12.4. The maximum Gasteiger partial charge on any atom is 0.119 e. The summed E-state index contributed by atoms with van der Waals surface area (Å²) < 4.78 is 7.09. The molecule has 4 nitrogen and oxygen atoms in total. The first-order valence-corrected chi connectivity index (χ1v) is 6.07. The van der Waals surface area contributed by atoms with E-state index in [1.807, 2.05) is 31.2 Å². The van der Waals surface area contributed by atoms with Gasteiger partial charge in [0.2, 0.25) is 0 Å². The van der Waals surface area contributed by atoms with Gasteiger partial charge in [0.25, 0.3) is 0 Å². The van der Waals surface area contributed by atoms with Crippen molar-refractivity contribution in [1.82, 2.24) is 9.78 Å². The Balaban J connectivity index is 1.83. The molecule has 1 aromatic heterocycles. The molecule has 18 heavy (non-hydrogen) atoms. The van der Waals surface area contributed by atoms with Gasteiger partial charge < -0.3 is 9.84 Å². The summed E-state index contributed by atoms with van der Waals surface area (Å²) in [5, 5.41) is 14.4. The largest absolute Gasteiger partial charge is 0.491 e. The molecule has 1 atom stereocenters. The van der Waals surface area contributed by atoms with E-state index in [0.717, 1.165) is 11.3 Å². The number of benzene rings is 1. The van der Waals surface area contributed by atoms with Gasteiger partial charge in [0.05, 0.1) is 17.8 Å². The highest BCUT2D eigenvalue weighted by molar-refractivity contribution is 6.30. The summed E-state index contributed by atoms with van der Waals surface area (Å²) in [6.07, 6.45) is 2.58. The van der Waals surface area contributed by atoms with Crippen LogP contribution in [-0.4, -0.2) is 27.6 Å². The van der Waals surface area contributed by atoms with Crippen molar-refractivity contribution in [2.75, 3.05) is 6.61 Å². The van der Waals surface area contributed by atoms with Crippen LogP contribution in [0, 0.1) is 6.92 Å². The Morgan fingerprint density at radius 1 is 1.50 bits per heavy atom. The van der Waals surface area contributed by atoms with Crippen LogP contribution in [-0.2, 0) is 6.54 Å². The summed E-state index contributed by atoms with van der Waals surface area (Å²) in [6, 6.07) is 7.71. The third kappa shape index (κ3) is 3.75. The fourth-order valence-corrected chi connectivity index (χ4v) is 1.76. The second-order valence-electron chi connectivity index (χ2n) is 4.16. The predicted molar refractivity (Wildman–Crippen MR) is 69.9 cm³/mol. The molecule has 0 radical (unpaired) electrons. The fourth-order valence-electron chi connectivity index (χ4n) is 1.60. The minimum Gasteiger partial charge on any atom is -0.491 e. The standard InChI is InChI=1S/C13H15ClN2O2/c1-10-3-2-4-13(5-10)18-9-12(17)8-16-7-11(14)6-15-16/h2-7,12,17H,8-9H2,1H3/t12-/m1/s1. The van der Waals surface area contributed by atoms with Gasteiger partial charge in [-0.2, -0.15) is 5.10 Å². The van der Waals surface area contributed by atoms with Crippen LogP contribution in [0.3, 0.4) is 0 Å². The number of aromatic nitrogens is 2. The highest BCUT2D eigenvalue weighted by Gasteiger charge is 2.07. The Hall–Kier alpha value is -1.52. The molecule has 0 spiro atoms. The summed E-state index contributed by atoms with van der Waals surface area (Å²) in [7, 11) is 0. The van der Waals surface area contributed by atoms with Gasteiger partial charge in [-0.1, -0.05) is 23.7 Å². The lowest BCUT2D eigenvalue weighted by Gasteiger charge is -2.12. The lowest BCUT2D eigenvalue weighted by Crippen LogP contribution is -2.23. The Labute approximate surface area is 111 Å². The number of nitrogens with zero attached hydrogens (tertiary/aromatic N) is 2. The van der Waals surface area contributed by atoms with Gasteiger partial charge in [-0.15, -0.1) is 0 Å². The van der Waals surface area contributed by atoms with Crippen molar-refractivity contribution in [2.24, 2.45) is 0 Å². The van der Waals surface area contributed by atoms with E-state index >= 15 is 0 Å². The lowest BCUT2D eigenvalue weighted by molar-refractivity contribution is 0.0893. The molecule has 0 saturated heterocycles. The van der Waals surface area contributed by atoms with Crippen LogP contribution in [0.4, 0.5) is 0 Å². The van der Waals surface area contributed by atoms with E-state index < -0.39 is 6.10 Å². The highest BCUT2D eigenvalue weighted by atomic mass is 35.5. The summed E-state index contributed by atoms with van der Waals surface area (Å²) >= 11 is 5.74. The summed E-state index contributed by atoms with van der Waals surface area (Å²) in [4.78, 5) is 0. The van der Waals surface area contributed by atoms with E-state index in [1.54, 1.807) is 10.9 Å². The van der Waals surface area contributed by atoms with Crippen molar-refractivity contribution in [3.8, 4) is 5.75 Å². The van der Waals surface area contributed by atoms with E-state index in [9.17, 15) is 5.11 Å². The third-order valence-corrected chi connectivity index (χ3v) is 2.63. The summed E-state index contributed by atoms with van der Waals surface area (Å²) in [5.41, 5.74) is 1.13. The second-order valence-corrected chi connectivity index (χ2v) is 4.60. The summed E-state index contributed by atoms with van der Waals surface area (Å²) in [5.74, 6) is 0.757. The molecule has 2 rings (SSSR count). The molecule has 1 aromatic carbocycles. The number of aryl methyl sites for hydroxylation is 1. The molecular weight excluding hydrogens is 252 g/mol. The van der Waals surface area contributed by atoms with E-state index in [-0.39, 0.29) is 6.61 Å². The molecule has 0 fully saturated rings. The van der Waals surface area contributed by atoms with Crippen molar-refractivity contribution in [3.05, 3.63) is 47.2 Å². The zero-order valence-electron chi connectivity index (χ0n) is 10.1. The van der Waals surface area contributed by atoms with Gasteiger partial charge in [-0.25, -0.2) is 0 Å². The topological polar surface area (TPSA) is 47.3 Å². The molecule has 0 aliphatic carbocycles. The monoisotopic (exact) mass is 266 g/mol. The smallest absolute Gasteiger partial charge is 0.119 e. The first-order valence-electron chi connectivity index (χ1n) is 5.69. The number of hydrogen-bond donors (Lipinski definition) is 1. The fraction of sp³-hybridized carbons (Fsp3) is 0.308. The van der Waals surface area contributed by atoms with Gasteiger partial charge in [0.15, 0.2) is 0 Å². The minimum atomic E-state index is -0.624. The SMILES string of the molecule is Cc1cccc(OC[C@H](O)Cn2cc(Cl)cn2)c1. The van der Waals surface area contributed by atoms with Crippen molar-refractivity contribution in [1.29, 1.82) is 0 Å². The molecule has 96 valence electrons. The van der Waals surface area contributed by atoms with Crippen LogP contribution >= 0.6 is 11.6 Å². The Morgan fingerprint density at radius 3 is 3.00 bits per heavy atom. The first-order chi connectivity index (χ1) is 8.63. The number of aliphatic hydroxyl groups is 1. The van der Waals surface area contributed by atoms with Crippen LogP contribution in [0.5, 0.6) is 5.75 Å². The van der Waals surface area contributed by atoms with Crippen molar-refractivity contribution in [3.63, 3.8) is 0 Å². The molecule has 2 aromatic rings. The van der Waals surface area contributed by atoms with Gasteiger partial charge in [0.1, 0.15) is 18.5 Å². The van der Waals surface area contributed by atoms with Gasteiger partial charge in [-0.05, 0) is 24.6 Å². The maximum absolute atomic E-state index is 9.81. The van der Waals surface area contributed by atoms with Crippen molar-refractivity contribution < 1.29 is 9.84 Å². The van der Waals surface area contributed by atoms with Gasteiger partial charge >= 0.3 is 0 Å². The van der Waals surface area contributed by atoms with Crippen LogP contribution in [0.1, 0.15) is 5.56 Å². The number of hydrogen-bond acceptors (Lipinski definition) is 3. The predicted octanol–water partition coefficient (Wildman–Crippen LogP) is 2.28. The Morgan fingerprint density at radius 2 is 2.33 bits per heavy atom. The van der Waals surface area contributed by atoms with Crippen LogP contribution in [0.2, 0.25) is 5.02 Å². The average Bonchev–Trinajstić information content (AvgIpc) is 2.72. The third-order valence-electron chi connectivity index (χ3n) is 2.43. The summed E-state index contributed by atoms with van der Waals surface area (Å²) in [6.45, 7) is 2.58. The number of ether oxygens (including phenoxy) is 1. The molecule has 0 unspecified atom stereocenters. The highest BCUT2D eigenvalue weighted by Crippen LogP contribution is 2.13. The van der Waals surface area contributed by atoms with Crippen molar-refractivity contribution in [2.45, 2.75) is 19.6 Å². The number of rotatable bonds is 5. The number of aliphatic hydroxyl groups excluding tert-OH is 1. The van der Waals surface area contributed by atoms with E-state index in [0.29, 0.717) is 11.6 Å². The van der Waals surface area contributed by atoms with E-state index in [4.69, 9.17) is 16.3 Å². The molecule has 0 saturated carbocycles. The zero-order valence-corrected chi connectivity index (χ0v) is 10.8. The van der Waals surface area contributed by atoms with Crippen LogP contribution in [0.25, 0.3) is 0 Å². The molecule has 5 heteroatoms. The molecule has 0 aliphatic rings. The zero-order chi connectivity index (χ0) is 13.0. The molecule has 0 bridgehead atoms. The Kier molecular flexibility index (Phi) is 4.23. The minimum absolute atomic E-state index is 0.223. The van der Waals surface area contributed by atoms with Crippen LogP contribution in [0.15, 0.2) is 36.7 Å². The second kappa shape index (κ2) is 5.89. The lowest BCUT2D eigenvalue weighted by atomic mass is 10.2. The maximum atomic E-state index is 9.81. The Bertz CT molecular complexity index is 513. The van der Waals surface area contributed by atoms with E-state index in [2.05, 4.69) is 5.10 Å². The van der Waals surface area contributed by atoms with Crippen LogP contribution < -0.4 is 4.74 Å². The molecule has 1 N–H and O–H groups in total. The molecular formula is C13H15ClN2O2. The quantitative estimate of drug-likeness (QED) is 0.903. The van der Waals surface area contributed by atoms with Gasteiger partial charge in [-0.3, -0.25) is 4.68 Å². The molecule has 0 aliphatic heterocycles. The van der Waals surface area contributed by atoms with Crippen molar-refractivity contribution >= 4 is 11.6 Å². The average molecular weight is 267 g/mol. The van der Waals surface area contributed by atoms with Gasteiger partial charge in [0, 0.05) is 6.20 Å². The molecule has 1 heterocycles. The number of halogens is 1.